The topological polar surface area (TPSA) is 85.0 Å². The van der Waals surface area contributed by atoms with E-state index in [0.717, 1.165) is 23.9 Å². The minimum absolute atomic E-state index is 0.107. The zero-order chi connectivity index (χ0) is 24.7. The Balaban J connectivity index is 1.48. The molecule has 1 saturated carbocycles. The van der Waals surface area contributed by atoms with Gasteiger partial charge in [0.2, 0.25) is 17.7 Å². The molecule has 0 radical (unpaired) electrons. The number of likely N-dealkylation sites (tertiary alicyclic amines) is 1. The summed E-state index contributed by atoms with van der Waals surface area (Å²) in [5, 5.41) is 4.24. The predicted molar refractivity (Wildman–Crippen MR) is 129 cm³/mol. The molecular weight excluding hydrogens is 430 g/mol. The Hall–Kier alpha value is -2.70. The first kappa shape index (κ1) is 23.1. The first-order valence-electron chi connectivity index (χ1n) is 12.2. The second-order valence-electron chi connectivity index (χ2n) is 12.7. The van der Waals surface area contributed by atoms with Crippen molar-refractivity contribution >= 4 is 28.6 Å². The number of carbonyl (C=O) groups excluding carboxylic acids is 2. The predicted octanol–water partition coefficient (Wildman–Crippen LogP) is 5.09. The molecule has 0 N–H and O–H groups in total. The van der Waals surface area contributed by atoms with Crippen molar-refractivity contribution in [3.8, 4) is 0 Å². The molecule has 2 amide bonds. The van der Waals surface area contributed by atoms with E-state index in [0.29, 0.717) is 24.6 Å². The van der Waals surface area contributed by atoms with Gasteiger partial charge < -0.3 is 9.25 Å². The van der Waals surface area contributed by atoms with Gasteiger partial charge in [-0.25, -0.2) is 4.98 Å². The number of rotatable bonds is 2. The molecule has 2 fully saturated rings. The molecule has 2 bridgehead atoms. The molecule has 1 aromatic heterocycles. The SMILES string of the molecule is C[C@H]1ON=C(C(C)(C)C)[C@@H]1C(=O)N1C[C@@]2(C)C[C@](C)(C[C@@](C)(c3nc4ccccc4o3)C2)C1=O. The van der Waals surface area contributed by atoms with Crippen LogP contribution in [0.3, 0.4) is 0 Å². The molecule has 3 heterocycles. The van der Waals surface area contributed by atoms with Gasteiger partial charge in [-0.2, -0.15) is 0 Å². The zero-order valence-corrected chi connectivity index (χ0v) is 21.3. The maximum absolute atomic E-state index is 13.9. The van der Waals surface area contributed by atoms with Gasteiger partial charge in [0.1, 0.15) is 17.5 Å². The fourth-order valence-corrected chi connectivity index (χ4v) is 7.00. The average molecular weight is 466 g/mol. The summed E-state index contributed by atoms with van der Waals surface area (Å²) in [5.41, 5.74) is 0.660. The molecule has 7 heteroatoms. The number of carbonyl (C=O) groups is 2. The van der Waals surface area contributed by atoms with Crippen molar-refractivity contribution in [3.63, 3.8) is 0 Å². The van der Waals surface area contributed by atoms with Crippen LogP contribution in [0.4, 0.5) is 0 Å². The lowest BCUT2D eigenvalue weighted by atomic mass is 9.52. The van der Waals surface area contributed by atoms with Crippen LogP contribution < -0.4 is 0 Å². The van der Waals surface area contributed by atoms with Crippen molar-refractivity contribution in [2.45, 2.75) is 79.2 Å². The second kappa shape index (κ2) is 7.15. The Morgan fingerprint density at radius 3 is 2.44 bits per heavy atom. The van der Waals surface area contributed by atoms with Crippen LogP contribution in [0.5, 0.6) is 0 Å². The molecule has 1 aromatic carbocycles. The maximum Gasteiger partial charge on any atom is 0.242 e. The van der Waals surface area contributed by atoms with Crippen molar-refractivity contribution in [3.05, 3.63) is 30.2 Å². The minimum Gasteiger partial charge on any atom is -0.440 e. The number of fused-ring (bicyclic) bond motifs is 3. The van der Waals surface area contributed by atoms with Gasteiger partial charge in [0.25, 0.3) is 0 Å². The van der Waals surface area contributed by atoms with Crippen molar-refractivity contribution in [2.24, 2.45) is 27.3 Å². The van der Waals surface area contributed by atoms with Gasteiger partial charge in [-0.1, -0.05) is 58.8 Å². The van der Waals surface area contributed by atoms with E-state index in [1.54, 1.807) is 0 Å². The molecule has 3 aliphatic rings. The summed E-state index contributed by atoms with van der Waals surface area (Å²) in [5.74, 6) is -0.160. The summed E-state index contributed by atoms with van der Waals surface area (Å²) < 4.78 is 6.19. The number of piperidine rings is 1. The highest BCUT2D eigenvalue weighted by Gasteiger charge is 2.61. The second-order valence-corrected chi connectivity index (χ2v) is 12.7. The van der Waals surface area contributed by atoms with Crippen LogP contribution in [0.2, 0.25) is 0 Å². The van der Waals surface area contributed by atoms with Gasteiger partial charge in [-0.05, 0) is 43.7 Å². The number of nitrogens with zero attached hydrogens (tertiary/aromatic N) is 3. The molecule has 7 nitrogen and oxygen atoms in total. The normalized spacial score (nSPS) is 35.9. The largest absolute Gasteiger partial charge is 0.440 e. The van der Waals surface area contributed by atoms with Crippen molar-refractivity contribution in [1.29, 1.82) is 0 Å². The molecule has 34 heavy (non-hydrogen) atoms. The quantitative estimate of drug-likeness (QED) is 0.577. The van der Waals surface area contributed by atoms with Crippen LogP contribution in [-0.4, -0.2) is 40.1 Å². The summed E-state index contributed by atoms with van der Waals surface area (Å²) in [6, 6.07) is 7.76. The summed E-state index contributed by atoms with van der Waals surface area (Å²) in [6.07, 6.45) is 1.73. The van der Waals surface area contributed by atoms with E-state index >= 15 is 0 Å². The fourth-order valence-electron chi connectivity index (χ4n) is 7.00. The van der Waals surface area contributed by atoms with E-state index in [-0.39, 0.29) is 28.7 Å². The highest BCUT2D eigenvalue weighted by Crippen LogP contribution is 2.58. The number of imide groups is 1. The van der Waals surface area contributed by atoms with Gasteiger partial charge in [-0.15, -0.1) is 0 Å². The van der Waals surface area contributed by atoms with Gasteiger partial charge in [0.15, 0.2) is 5.58 Å². The van der Waals surface area contributed by atoms with Crippen LogP contribution in [0, 0.1) is 22.2 Å². The number of para-hydroxylation sites is 2. The Morgan fingerprint density at radius 2 is 1.76 bits per heavy atom. The molecule has 0 spiro atoms. The van der Waals surface area contributed by atoms with E-state index < -0.39 is 16.7 Å². The number of oxazole rings is 1. The lowest BCUT2D eigenvalue weighted by Gasteiger charge is -2.57. The third-order valence-electron chi connectivity index (χ3n) is 7.91. The van der Waals surface area contributed by atoms with Crippen LogP contribution in [-0.2, 0) is 19.8 Å². The molecule has 1 aliphatic carbocycles. The summed E-state index contributed by atoms with van der Waals surface area (Å²) >= 11 is 0. The highest BCUT2D eigenvalue weighted by atomic mass is 16.6. The Kier molecular flexibility index (Phi) is 4.85. The third-order valence-corrected chi connectivity index (χ3v) is 7.91. The minimum atomic E-state index is -0.682. The van der Waals surface area contributed by atoms with Crippen LogP contribution in [0.1, 0.15) is 73.6 Å². The smallest absolute Gasteiger partial charge is 0.242 e. The first-order chi connectivity index (χ1) is 15.7. The third kappa shape index (κ3) is 3.46. The zero-order valence-electron chi connectivity index (χ0n) is 21.3. The Bertz CT molecular complexity index is 1180. The van der Waals surface area contributed by atoms with E-state index in [1.165, 1.54) is 4.90 Å². The van der Waals surface area contributed by atoms with Crippen LogP contribution >= 0.6 is 0 Å². The molecular formula is C27H35N3O4. The fraction of sp³-hybridized carbons (Fsp3) is 0.630. The number of hydrogen-bond acceptors (Lipinski definition) is 6. The standard InChI is InChI=1S/C27H35N3O4/c1-16-19(20(29-34-16)24(2,3)4)21(31)30-15-25(5)12-26(6,14-27(7,13-25)23(30)32)22-28-17-10-8-9-11-18(17)33-22/h8-11,16,19H,12-15H2,1-7H3/t16-,19-,25-,26+,27-/m1/s1. The monoisotopic (exact) mass is 465 g/mol. The molecule has 182 valence electrons. The van der Waals surface area contributed by atoms with Crippen molar-refractivity contribution < 1.29 is 18.8 Å². The molecule has 1 saturated heterocycles. The van der Waals surface area contributed by atoms with Crippen LogP contribution in [0.25, 0.3) is 11.1 Å². The molecule has 2 aromatic rings. The molecule has 2 aliphatic heterocycles. The number of aromatic nitrogens is 1. The molecule has 0 unspecified atom stereocenters. The lowest BCUT2D eigenvalue weighted by Crippen LogP contribution is -2.64. The van der Waals surface area contributed by atoms with Crippen molar-refractivity contribution in [1.82, 2.24) is 9.88 Å². The number of benzene rings is 1. The van der Waals surface area contributed by atoms with E-state index in [4.69, 9.17) is 14.2 Å². The van der Waals surface area contributed by atoms with Gasteiger partial charge >= 0.3 is 0 Å². The van der Waals surface area contributed by atoms with Gasteiger partial charge in [0.05, 0.1) is 5.71 Å². The molecule has 5 atom stereocenters. The number of hydrogen-bond donors (Lipinski definition) is 0. The van der Waals surface area contributed by atoms with E-state index in [2.05, 4.69) is 19.0 Å². The summed E-state index contributed by atoms with van der Waals surface area (Å²) in [6.45, 7) is 14.6. The van der Waals surface area contributed by atoms with Gasteiger partial charge in [0, 0.05) is 22.8 Å². The number of oxime groups is 1. The average Bonchev–Trinajstić information content (AvgIpc) is 3.33. The summed E-state index contributed by atoms with van der Waals surface area (Å²) in [4.78, 5) is 39.6. The highest BCUT2D eigenvalue weighted by molar-refractivity contribution is 6.12. The lowest BCUT2D eigenvalue weighted by molar-refractivity contribution is -0.170. The van der Waals surface area contributed by atoms with Crippen LogP contribution in [0.15, 0.2) is 33.8 Å². The summed E-state index contributed by atoms with van der Waals surface area (Å²) in [7, 11) is 0. The van der Waals surface area contributed by atoms with Crippen molar-refractivity contribution in [2.75, 3.05) is 6.54 Å². The number of amides is 2. The van der Waals surface area contributed by atoms with E-state index in [9.17, 15) is 9.59 Å². The Morgan fingerprint density at radius 1 is 1.09 bits per heavy atom. The van der Waals surface area contributed by atoms with E-state index in [1.807, 2.05) is 58.9 Å². The van der Waals surface area contributed by atoms with Gasteiger partial charge in [-0.3, -0.25) is 14.5 Å². The Labute approximate surface area is 200 Å². The molecule has 5 rings (SSSR count). The maximum atomic E-state index is 13.9. The first-order valence-corrected chi connectivity index (χ1v) is 12.2.